The van der Waals surface area contributed by atoms with Crippen LogP contribution in [0, 0.1) is 5.92 Å². The van der Waals surface area contributed by atoms with E-state index in [0.717, 1.165) is 38.5 Å². The summed E-state index contributed by atoms with van der Waals surface area (Å²) >= 11 is 0. The molecular formula is C22H37Cl2N3O. The van der Waals surface area contributed by atoms with Crippen LogP contribution in [0.25, 0.3) is 0 Å². The molecule has 160 valence electrons. The van der Waals surface area contributed by atoms with Crippen molar-refractivity contribution < 1.29 is 4.79 Å². The van der Waals surface area contributed by atoms with E-state index in [1.54, 1.807) is 6.92 Å². The number of piperazine rings is 1. The molecule has 1 aromatic rings. The van der Waals surface area contributed by atoms with E-state index in [1.165, 1.54) is 50.1 Å². The Bertz CT molecular complexity index is 583. The molecule has 0 aliphatic carbocycles. The van der Waals surface area contributed by atoms with Gasteiger partial charge in [0.15, 0.2) is 0 Å². The van der Waals surface area contributed by atoms with Crippen LogP contribution < -0.4 is 4.90 Å². The highest BCUT2D eigenvalue weighted by molar-refractivity contribution is 5.85. The maximum absolute atomic E-state index is 11.2. The number of para-hydroxylation sites is 1. The van der Waals surface area contributed by atoms with Crippen molar-refractivity contribution in [2.24, 2.45) is 5.92 Å². The molecule has 1 aromatic carbocycles. The number of anilines is 1. The molecule has 28 heavy (non-hydrogen) atoms. The summed E-state index contributed by atoms with van der Waals surface area (Å²) in [6.45, 7) is 12.7. The Balaban J connectivity index is 0.00000196. The van der Waals surface area contributed by atoms with E-state index in [9.17, 15) is 4.79 Å². The molecule has 2 saturated heterocycles. The van der Waals surface area contributed by atoms with Crippen LogP contribution in [-0.4, -0.2) is 67.9 Å². The molecule has 0 amide bonds. The normalized spacial score (nSPS) is 19.0. The molecule has 0 spiro atoms. The van der Waals surface area contributed by atoms with Crippen LogP contribution in [0.1, 0.15) is 38.7 Å². The Kier molecular flexibility index (Phi) is 11.4. The number of rotatable bonds is 7. The minimum atomic E-state index is 0. The molecule has 2 aliphatic rings. The predicted octanol–water partition coefficient (Wildman–Crippen LogP) is 3.91. The lowest BCUT2D eigenvalue weighted by atomic mass is 9.93. The van der Waals surface area contributed by atoms with Crippen LogP contribution in [0.2, 0.25) is 0 Å². The zero-order valence-corrected chi connectivity index (χ0v) is 19.1. The molecule has 0 bridgehead atoms. The summed E-state index contributed by atoms with van der Waals surface area (Å²) in [7, 11) is 0. The maximum Gasteiger partial charge on any atom is 0.143 e. The van der Waals surface area contributed by atoms with Crippen molar-refractivity contribution >= 4 is 36.3 Å². The van der Waals surface area contributed by atoms with Gasteiger partial charge in [0.05, 0.1) is 6.54 Å². The molecule has 0 radical (unpaired) electrons. The van der Waals surface area contributed by atoms with Crippen LogP contribution >= 0.6 is 24.8 Å². The van der Waals surface area contributed by atoms with Gasteiger partial charge in [0.2, 0.25) is 0 Å². The summed E-state index contributed by atoms with van der Waals surface area (Å²) in [6.07, 6.45) is 4.95. The highest BCUT2D eigenvalue weighted by Gasteiger charge is 2.22. The largest absolute Gasteiger partial charge is 0.369 e. The van der Waals surface area contributed by atoms with E-state index in [4.69, 9.17) is 0 Å². The molecule has 2 heterocycles. The average molecular weight is 430 g/mol. The Morgan fingerprint density at radius 2 is 1.61 bits per heavy atom. The van der Waals surface area contributed by atoms with Crippen LogP contribution in [0.3, 0.4) is 0 Å². The molecule has 0 atom stereocenters. The number of likely N-dealkylation sites (tertiary alicyclic amines) is 1. The number of carbonyl (C=O) groups excluding carboxylic acids is 1. The molecule has 3 rings (SSSR count). The zero-order valence-electron chi connectivity index (χ0n) is 17.4. The van der Waals surface area contributed by atoms with E-state index in [-0.39, 0.29) is 24.8 Å². The van der Waals surface area contributed by atoms with Gasteiger partial charge in [-0.25, -0.2) is 0 Å². The summed E-state index contributed by atoms with van der Waals surface area (Å²) in [5, 5.41) is 0. The second-order valence-electron chi connectivity index (χ2n) is 8.02. The van der Waals surface area contributed by atoms with Crippen molar-refractivity contribution in [3.05, 3.63) is 29.8 Å². The van der Waals surface area contributed by atoms with E-state index >= 15 is 0 Å². The summed E-state index contributed by atoms with van der Waals surface area (Å²) in [5.41, 5.74) is 2.91. The summed E-state index contributed by atoms with van der Waals surface area (Å²) in [4.78, 5) is 18.8. The van der Waals surface area contributed by atoms with Crippen molar-refractivity contribution in [2.75, 3.05) is 57.3 Å². The zero-order chi connectivity index (χ0) is 18.4. The number of Topliss-reactive ketones (excluding diaryl/α,β-unsaturated/α-hetero) is 1. The first-order chi connectivity index (χ1) is 12.7. The van der Waals surface area contributed by atoms with Crippen LogP contribution in [0.5, 0.6) is 0 Å². The Morgan fingerprint density at radius 1 is 0.964 bits per heavy atom. The van der Waals surface area contributed by atoms with Gasteiger partial charge in [-0.1, -0.05) is 25.1 Å². The molecule has 4 nitrogen and oxygen atoms in total. The minimum absolute atomic E-state index is 0. The van der Waals surface area contributed by atoms with Gasteiger partial charge >= 0.3 is 0 Å². The number of halogens is 2. The fourth-order valence-electron chi connectivity index (χ4n) is 4.44. The first kappa shape index (κ1) is 25.2. The number of hydrogen-bond donors (Lipinski definition) is 0. The number of aryl methyl sites for hydroxylation is 1. The molecule has 0 unspecified atom stereocenters. The molecular weight excluding hydrogens is 393 g/mol. The molecule has 2 aliphatic heterocycles. The molecule has 0 N–H and O–H groups in total. The lowest BCUT2D eigenvalue weighted by Gasteiger charge is -2.38. The van der Waals surface area contributed by atoms with E-state index in [0.29, 0.717) is 12.3 Å². The highest BCUT2D eigenvalue weighted by atomic mass is 35.5. The van der Waals surface area contributed by atoms with Gasteiger partial charge < -0.3 is 4.90 Å². The third kappa shape index (κ3) is 7.22. The van der Waals surface area contributed by atoms with E-state index < -0.39 is 0 Å². The Morgan fingerprint density at radius 3 is 2.21 bits per heavy atom. The van der Waals surface area contributed by atoms with Crippen molar-refractivity contribution in [3.8, 4) is 0 Å². The van der Waals surface area contributed by atoms with Gasteiger partial charge in [-0.2, -0.15) is 0 Å². The lowest BCUT2D eigenvalue weighted by molar-refractivity contribution is -0.118. The number of nitrogens with zero attached hydrogens (tertiary/aromatic N) is 3. The number of piperidine rings is 1. The molecule has 0 saturated carbocycles. The smallest absolute Gasteiger partial charge is 0.143 e. The summed E-state index contributed by atoms with van der Waals surface area (Å²) in [6, 6.07) is 8.86. The quantitative estimate of drug-likeness (QED) is 0.656. The minimum Gasteiger partial charge on any atom is -0.369 e. The van der Waals surface area contributed by atoms with E-state index in [2.05, 4.69) is 45.9 Å². The standard InChI is InChI=1S/C22H35N3O.2ClH/c1-3-21-6-4-5-7-22(21)25-16-14-23(15-17-25)11-8-20-9-12-24(13-10-20)18-19(2)26;;/h4-7,20H,3,8-18H2,1-2H3;2*1H. The first-order valence-corrected chi connectivity index (χ1v) is 10.4. The maximum atomic E-state index is 11.2. The van der Waals surface area contributed by atoms with E-state index in [1.807, 2.05) is 0 Å². The molecule has 0 aromatic heterocycles. The van der Waals surface area contributed by atoms with Crippen LogP contribution in [-0.2, 0) is 11.2 Å². The topological polar surface area (TPSA) is 26.8 Å². The van der Waals surface area contributed by atoms with Crippen molar-refractivity contribution in [3.63, 3.8) is 0 Å². The predicted molar refractivity (Wildman–Crippen MR) is 123 cm³/mol. The van der Waals surface area contributed by atoms with Gasteiger partial charge in [-0.3, -0.25) is 14.6 Å². The Labute approximate surface area is 183 Å². The fourth-order valence-corrected chi connectivity index (χ4v) is 4.44. The third-order valence-electron chi connectivity index (χ3n) is 6.09. The van der Waals surface area contributed by atoms with Gasteiger partial charge in [0, 0.05) is 31.9 Å². The van der Waals surface area contributed by atoms with Crippen molar-refractivity contribution in [2.45, 2.75) is 39.5 Å². The number of carbonyl (C=O) groups is 1. The third-order valence-corrected chi connectivity index (χ3v) is 6.09. The lowest BCUT2D eigenvalue weighted by Crippen LogP contribution is -2.47. The van der Waals surface area contributed by atoms with Crippen molar-refractivity contribution in [1.82, 2.24) is 9.80 Å². The first-order valence-electron chi connectivity index (χ1n) is 10.4. The fraction of sp³-hybridized carbons (Fsp3) is 0.682. The van der Waals surface area contributed by atoms with Gasteiger partial charge in [-0.05, 0) is 69.8 Å². The number of hydrogen-bond acceptors (Lipinski definition) is 4. The molecule has 6 heteroatoms. The Hall–Kier alpha value is -0.810. The monoisotopic (exact) mass is 429 g/mol. The van der Waals surface area contributed by atoms with Crippen LogP contribution in [0.15, 0.2) is 24.3 Å². The summed E-state index contributed by atoms with van der Waals surface area (Å²) < 4.78 is 0. The molecule has 2 fully saturated rings. The number of benzene rings is 1. The summed E-state index contributed by atoms with van der Waals surface area (Å²) in [5.74, 6) is 1.14. The average Bonchev–Trinajstić information content (AvgIpc) is 2.67. The number of ketones is 1. The van der Waals surface area contributed by atoms with Gasteiger partial charge in [-0.15, -0.1) is 24.8 Å². The van der Waals surface area contributed by atoms with Gasteiger partial charge in [0.25, 0.3) is 0 Å². The SMILES string of the molecule is CCc1ccccc1N1CCN(CCC2CCN(CC(C)=O)CC2)CC1.Cl.Cl. The van der Waals surface area contributed by atoms with Gasteiger partial charge in [0.1, 0.15) is 5.78 Å². The highest BCUT2D eigenvalue weighted by Crippen LogP contribution is 2.24. The van der Waals surface area contributed by atoms with Crippen molar-refractivity contribution in [1.29, 1.82) is 0 Å². The van der Waals surface area contributed by atoms with Crippen LogP contribution in [0.4, 0.5) is 5.69 Å². The second kappa shape index (κ2) is 12.7. The second-order valence-corrected chi connectivity index (χ2v) is 8.02.